The van der Waals surface area contributed by atoms with Crippen molar-refractivity contribution >= 4 is 22.9 Å². The molecule has 0 spiro atoms. The molecule has 10 nitrogen and oxygen atoms in total. The zero-order valence-corrected chi connectivity index (χ0v) is 19.2. The number of hydrogen-bond acceptors (Lipinski definition) is 8. The van der Waals surface area contributed by atoms with E-state index in [1.54, 1.807) is 12.4 Å². The van der Waals surface area contributed by atoms with Gasteiger partial charge in [0, 0.05) is 38.6 Å². The maximum Gasteiger partial charge on any atom is 0.227 e. The van der Waals surface area contributed by atoms with Crippen LogP contribution in [0.5, 0.6) is 0 Å². The molecule has 1 fully saturated rings. The van der Waals surface area contributed by atoms with E-state index >= 15 is 0 Å². The first-order valence-electron chi connectivity index (χ1n) is 11.1. The molecule has 3 aromatic rings. The third-order valence-corrected chi connectivity index (χ3v) is 5.62. The van der Waals surface area contributed by atoms with Gasteiger partial charge in [0.1, 0.15) is 18.0 Å². The molecule has 0 radical (unpaired) electrons. The maximum atomic E-state index is 13.0. The first-order valence-corrected chi connectivity index (χ1v) is 11.1. The molecule has 1 aliphatic rings. The SMILES string of the molecule is CCn1c(-c2cnc(C)nc2)nc2c(NCC(C)C(=O)N3CC(C)OC(C)C3)ncnc21. The molecule has 170 valence electrons. The molecule has 0 saturated carbocycles. The van der Waals surface area contributed by atoms with E-state index in [1.807, 2.05) is 44.1 Å². The zero-order chi connectivity index (χ0) is 22.8. The summed E-state index contributed by atoms with van der Waals surface area (Å²) >= 11 is 0. The van der Waals surface area contributed by atoms with Gasteiger partial charge in [-0.05, 0) is 27.7 Å². The van der Waals surface area contributed by atoms with Crippen molar-refractivity contribution in [3.63, 3.8) is 0 Å². The number of hydrogen-bond donors (Lipinski definition) is 1. The average molecular weight is 439 g/mol. The van der Waals surface area contributed by atoms with E-state index in [0.29, 0.717) is 43.3 Å². The number of nitrogens with one attached hydrogen (secondary N) is 1. The highest BCUT2D eigenvalue weighted by Crippen LogP contribution is 2.26. The van der Waals surface area contributed by atoms with Crippen molar-refractivity contribution < 1.29 is 9.53 Å². The van der Waals surface area contributed by atoms with Gasteiger partial charge >= 0.3 is 0 Å². The van der Waals surface area contributed by atoms with Gasteiger partial charge in [0.2, 0.25) is 5.91 Å². The molecule has 10 heteroatoms. The second-order valence-electron chi connectivity index (χ2n) is 8.38. The Labute approximate surface area is 187 Å². The predicted molar refractivity (Wildman–Crippen MR) is 121 cm³/mol. The molecule has 0 bridgehead atoms. The van der Waals surface area contributed by atoms with Gasteiger partial charge < -0.3 is 19.5 Å². The van der Waals surface area contributed by atoms with Crippen LogP contribution in [0.1, 0.15) is 33.5 Å². The number of morpholine rings is 1. The van der Waals surface area contributed by atoms with E-state index < -0.39 is 0 Å². The number of anilines is 1. The minimum atomic E-state index is -0.212. The van der Waals surface area contributed by atoms with Gasteiger partial charge in [0.25, 0.3) is 0 Å². The highest BCUT2D eigenvalue weighted by molar-refractivity contribution is 5.86. The number of carbonyl (C=O) groups excluding carboxylic acids is 1. The van der Waals surface area contributed by atoms with E-state index in [2.05, 4.69) is 25.3 Å². The minimum absolute atomic E-state index is 0.0477. The van der Waals surface area contributed by atoms with Crippen LogP contribution in [0.15, 0.2) is 18.7 Å². The average Bonchev–Trinajstić information content (AvgIpc) is 3.16. The lowest BCUT2D eigenvalue weighted by molar-refractivity contribution is -0.146. The molecule has 0 aromatic carbocycles. The fourth-order valence-electron chi connectivity index (χ4n) is 4.10. The van der Waals surface area contributed by atoms with E-state index in [4.69, 9.17) is 9.72 Å². The number of rotatable bonds is 6. The Morgan fingerprint density at radius 3 is 2.53 bits per heavy atom. The lowest BCUT2D eigenvalue weighted by Gasteiger charge is -2.36. The standard InChI is InChI=1S/C22H30N8O2/c1-6-30-20(17-8-23-16(5)24-9-17)28-18-19(26-12-27-21(18)30)25-7-13(2)22(31)29-10-14(3)32-15(4)11-29/h8-9,12-15H,6-7,10-11H2,1-5H3,(H,25,26,27). The molecular weight excluding hydrogens is 408 g/mol. The summed E-state index contributed by atoms with van der Waals surface area (Å²) in [6, 6.07) is 0. The molecule has 1 N–H and O–H groups in total. The summed E-state index contributed by atoms with van der Waals surface area (Å²) in [6.45, 7) is 12.2. The number of carbonyl (C=O) groups is 1. The summed E-state index contributed by atoms with van der Waals surface area (Å²) < 4.78 is 7.76. The Bertz CT molecular complexity index is 1090. The van der Waals surface area contributed by atoms with Crippen LogP contribution in [0.25, 0.3) is 22.6 Å². The van der Waals surface area contributed by atoms with Crippen LogP contribution in [-0.2, 0) is 16.1 Å². The summed E-state index contributed by atoms with van der Waals surface area (Å²) in [7, 11) is 0. The Morgan fingerprint density at radius 1 is 1.19 bits per heavy atom. The summed E-state index contributed by atoms with van der Waals surface area (Å²) in [6.07, 6.45) is 5.15. The van der Waals surface area contributed by atoms with E-state index in [9.17, 15) is 4.79 Å². The Balaban J connectivity index is 1.54. The number of aryl methyl sites for hydroxylation is 2. The molecule has 4 heterocycles. The number of amides is 1. The van der Waals surface area contributed by atoms with Crippen molar-refractivity contribution in [2.24, 2.45) is 5.92 Å². The Hall–Kier alpha value is -3.14. The molecule has 1 amide bonds. The monoisotopic (exact) mass is 438 g/mol. The summed E-state index contributed by atoms with van der Waals surface area (Å²) in [5.74, 6) is 1.96. The molecule has 3 aromatic heterocycles. The van der Waals surface area contributed by atoms with Gasteiger partial charge in [-0.2, -0.15) is 0 Å². The highest BCUT2D eigenvalue weighted by atomic mass is 16.5. The molecule has 4 rings (SSSR count). The highest BCUT2D eigenvalue weighted by Gasteiger charge is 2.29. The van der Waals surface area contributed by atoms with Crippen LogP contribution >= 0.6 is 0 Å². The Kier molecular flexibility index (Phi) is 6.31. The van der Waals surface area contributed by atoms with Gasteiger partial charge in [-0.1, -0.05) is 6.92 Å². The fraction of sp³-hybridized carbons (Fsp3) is 0.545. The molecule has 1 saturated heterocycles. The smallest absolute Gasteiger partial charge is 0.227 e. The summed E-state index contributed by atoms with van der Waals surface area (Å²) in [5.41, 5.74) is 2.22. The van der Waals surface area contributed by atoms with Crippen molar-refractivity contribution in [3.8, 4) is 11.4 Å². The van der Waals surface area contributed by atoms with Crippen LogP contribution in [0.2, 0.25) is 0 Å². The molecule has 32 heavy (non-hydrogen) atoms. The number of fused-ring (bicyclic) bond motifs is 1. The summed E-state index contributed by atoms with van der Waals surface area (Å²) in [4.78, 5) is 37.1. The predicted octanol–water partition coefficient (Wildman–Crippen LogP) is 2.30. The number of nitrogens with zero attached hydrogens (tertiary/aromatic N) is 7. The number of imidazole rings is 1. The molecule has 1 aliphatic heterocycles. The molecular formula is C22H30N8O2. The van der Waals surface area contributed by atoms with Crippen molar-refractivity contribution in [3.05, 3.63) is 24.5 Å². The first kappa shape index (κ1) is 22.1. The van der Waals surface area contributed by atoms with Gasteiger partial charge in [-0.25, -0.2) is 24.9 Å². The van der Waals surface area contributed by atoms with Crippen molar-refractivity contribution in [1.29, 1.82) is 0 Å². The van der Waals surface area contributed by atoms with Crippen LogP contribution in [0, 0.1) is 12.8 Å². The van der Waals surface area contributed by atoms with Gasteiger partial charge in [0.15, 0.2) is 17.0 Å². The lowest BCUT2D eigenvalue weighted by atomic mass is 10.1. The lowest BCUT2D eigenvalue weighted by Crippen LogP contribution is -2.50. The fourth-order valence-corrected chi connectivity index (χ4v) is 4.10. The van der Waals surface area contributed by atoms with Crippen molar-refractivity contribution in [2.45, 2.75) is 53.4 Å². The second-order valence-corrected chi connectivity index (χ2v) is 8.38. The van der Waals surface area contributed by atoms with Gasteiger partial charge in [-0.3, -0.25) is 4.79 Å². The summed E-state index contributed by atoms with van der Waals surface area (Å²) in [5, 5.41) is 3.32. The normalized spacial score (nSPS) is 19.8. The topological polar surface area (TPSA) is 111 Å². The molecule has 3 atom stereocenters. The Morgan fingerprint density at radius 2 is 1.88 bits per heavy atom. The second kappa shape index (κ2) is 9.15. The van der Waals surface area contributed by atoms with E-state index in [-0.39, 0.29) is 24.0 Å². The maximum absolute atomic E-state index is 13.0. The quantitative estimate of drug-likeness (QED) is 0.624. The first-order chi connectivity index (χ1) is 15.4. The third kappa shape index (κ3) is 4.40. The largest absolute Gasteiger partial charge is 0.372 e. The number of aromatic nitrogens is 6. The van der Waals surface area contributed by atoms with Crippen LogP contribution in [0.3, 0.4) is 0 Å². The number of ether oxygens (including phenoxy) is 1. The van der Waals surface area contributed by atoms with Gasteiger partial charge in [0.05, 0.1) is 23.7 Å². The zero-order valence-electron chi connectivity index (χ0n) is 19.2. The van der Waals surface area contributed by atoms with E-state index in [0.717, 1.165) is 17.0 Å². The van der Waals surface area contributed by atoms with Gasteiger partial charge in [-0.15, -0.1) is 0 Å². The third-order valence-electron chi connectivity index (χ3n) is 5.62. The molecule has 3 unspecified atom stereocenters. The van der Waals surface area contributed by atoms with Crippen LogP contribution < -0.4 is 5.32 Å². The van der Waals surface area contributed by atoms with Crippen molar-refractivity contribution in [1.82, 2.24) is 34.4 Å². The van der Waals surface area contributed by atoms with E-state index in [1.165, 1.54) is 6.33 Å². The van der Waals surface area contributed by atoms with Crippen LogP contribution in [0.4, 0.5) is 5.82 Å². The minimum Gasteiger partial charge on any atom is -0.372 e. The molecule has 0 aliphatic carbocycles. The van der Waals surface area contributed by atoms with Crippen LogP contribution in [-0.4, -0.2) is 72.1 Å². The van der Waals surface area contributed by atoms with Crippen molar-refractivity contribution in [2.75, 3.05) is 25.0 Å².